The minimum absolute atomic E-state index is 0.132. The lowest BCUT2D eigenvalue weighted by atomic mass is 10.1. The van der Waals surface area contributed by atoms with Crippen LogP contribution < -0.4 is 14.2 Å². The zero-order valence-corrected chi connectivity index (χ0v) is 14.7. The van der Waals surface area contributed by atoms with Crippen molar-refractivity contribution in [2.75, 3.05) is 34.4 Å². The minimum Gasteiger partial charge on any atom is -0.497 e. The Morgan fingerprint density at radius 3 is 2.12 bits per heavy atom. The second kappa shape index (κ2) is 8.45. The van der Waals surface area contributed by atoms with E-state index >= 15 is 0 Å². The fourth-order valence-corrected chi connectivity index (χ4v) is 2.21. The molecule has 0 atom stereocenters. The van der Waals surface area contributed by atoms with Crippen molar-refractivity contribution in [2.24, 2.45) is 0 Å². The standard InChI is InChI=1S/C18H20ClNO4/c1-20(8-9-24-15-6-4-14(19)5-7-15)18(21)13-10-16(22-2)12-17(11-13)23-3/h4-7,10-12H,8-9H2,1-3H3. The summed E-state index contributed by atoms with van der Waals surface area (Å²) in [6, 6.07) is 12.2. The quantitative estimate of drug-likeness (QED) is 0.767. The van der Waals surface area contributed by atoms with Crippen molar-refractivity contribution in [3.8, 4) is 17.2 Å². The lowest BCUT2D eigenvalue weighted by molar-refractivity contribution is 0.0773. The number of hydrogen-bond donors (Lipinski definition) is 0. The van der Waals surface area contributed by atoms with Gasteiger partial charge in [-0.2, -0.15) is 0 Å². The molecule has 0 fully saturated rings. The predicted octanol–water partition coefficient (Wildman–Crippen LogP) is 3.51. The van der Waals surface area contributed by atoms with Gasteiger partial charge >= 0.3 is 0 Å². The Morgan fingerprint density at radius 2 is 1.58 bits per heavy atom. The van der Waals surface area contributed by atoms with E-state index in [1.54, 1.807) is 68.6 Å². The van der Waals surface area contributed by atoms with Gasteiger partial charge in [0, 0.05) is 23.7 Å². The molecule has 0 aliphatic heterocycles. The van der Waals surface area contributed by atoms with E-state index in [2.05, 4.69) is 0 Å². The Kier molecular flexibility index (Phi) is 6.32. The number of ether oxygens (including phenoxy) is 3. The predicted molar refractivity (Wildman–Crippen MR) is 93.5 cm³/mol. The van der Waals surface area contributed by atoms with Gasteiger partial charge in [-0.05, 0) is 36.4 Å². The first-order chi connectivity index (χ1) is 11.5. The van der Waals surface area contributed by atoms with Crippen LogP contribution >= 0.6 is 11.6 Å². The highest BCUT2D eigenvalue weighted by molar-refractivity contribution is 6.30. The molecule has 0 unspecified atom stereocenters. The normalized spacial score (nSPS) is 10.2. The van der Waals surface area contributed by atoms with E-state index in [0.717, 1.165) is 0 Å². The molecule has 0 spiro atoms. The highest BCUT2D eigenvalue weighted by Crippen LogP contribution is 2.23. The summed E-state index contributed by atoms with van der Waals surface area (Å²) in [5.74, 6) is 1.72. The van der Waals surface area contributed by atoms with Crippen molar-refractivity contribution in [2.45, 2.75) is 0 Å². The molecule has 6 heteroatoms. The molecular formula is C18H20ClNO4. The summed E-state index contributed by atoms with van der Waals surface area (Å²) < 4.78 is 16.0. The summed E-state index contributed by atoms with van der Waals surface area (Å²) >= 11 is 5.83. The van der Waals surface area contributed by atoms with Crippen LogP contribution in [0.2, 0.25) is 5.02 Å². The van der Waals surface area contributed by atoms with E-state index in [4.69, 9.17) is 25.8 Å². The average Bonchev–Trinajstić information content (AvgIpc) is 2.62. The van der Waals surface area contributed by atoms with Crippen LogP contribution in [-0.4, -0.2) is 45.2 Å². The zero-order valence-electron chi connectivity index (χ0n) is 13.9. The van der Waals surface area contributed by atoms with Crippen LogP contribution in [0.4, 0.5) is 0 Å². The average molecular weight is 350 g/mol. The van der Waals surface area contributed by atoms with Gasteiger partial charge in [0.2, 0.25) is 0 Å². The lowest BCUT2D eigenvalue weighted by Crippen LogP contribution is -2.30. The highest BCUT2D eigenvalue weighted by atomic mass is 35.5. The second-order valence-corrected chi connectivity index (χ2v) is 5.57. The Balaban J connectivity index is 1.95. The zero-order chi connectivity index (χ0) is 17.5. The largest absolute Gasteiger partial charge is 0.497 e. The van der Waals surface area contributed by atoms with Gasteiger partial charge in [0.15, 0.2) is 0 Å². The molecule has 0 heterocycles. The van der Waals surface area contributed by atoms with E-state index in [9.17, 15) is 4.79 Å². The molecule has 0 saturated carbocycles. The smallest absolute Gasteiger partial charge is 0.253 e. The molecule has 0 bridgehead atoms. The van der Waals surface area contributed by atoms with E-state index in [-0.39, 0.29) is 5.91 Å². The number of benzene rings is 2. The maximum atomic E-state index is 12.5. The molecule has 0 aromatic heterocycles. The molecule has 24 heavy (non-hydrogen) atoms. The van der Waals surface area contributed by atoms with Crippen molar-refractivity contribution in [1.29, 1.82) is 0 Å². The number of methoxy groups -OCH3 is 2. The van der Waals surface area contributed by atoms with Gasteiger partial charge in [0.05, 0.1) is 20.8 Å². The molecule has 5 nitrogen and oxygen atoms in total. The van der Waals surface area contributed by atoms with Crippen LogP contribution in [0.3, 0.4) is 0 Å². The molecule has 2 aromatic carbocycles. The molecule has 2 aromatic rings. The Morgan fingerprint density at radius 1 is 1.00 bits per heavy atom. The molecule has 0 aliphatic carbocycles. The van der Waals surface area contributed by atoms with Gasteiger partial charge in [-0.1, -0.05) is 11.6 Å². The molecule has 0 N–H and O–H groups in total. The van der Waals surface area contributed by atoms with Crippen molar-refractivity contribution in [3.63, 3.8) is 0 Å². The third-order valence-corrected chi connectivity index (χ3v) is 3.71. The van der Waals surface area contributed by atoms with Gasteiger partial charge in [-0.3, -0.25) is 4.79 Å². The number of rotatable bonds is 7. The second-order valence-electron chi connectivity index (χ2n) is 5.13. The highest BCUT2D eigenvalue weighted by Gasteiger charge is 2.14. The van der Waals surface area contributed by atoms with Gasteiger partial charge in [0.25, 0.3) is 5.91 Å². The number of carbonyl (C=O) groups excluding carboxylic acids is 1. The molecule has 2 rings (SSSR count). The van der Waals surface area contributed by atoms with E-state index in [1.165, 1.54) is 0 Å². The fourth-order valence-electron chi connectivity index (χ4n) is 2.08. The number of nitrogens with zero attached hydrogens (tertiary/aromatic N) is 1. The Bertz CT molecular complexity index is 666. The Hall–Kier alpha value is -2.40. The summed E-state index contributed by atoms with van der Waals surface area (Å²) in [5, 5.41) is 0.654. The number of carbonyl (C=O) groups is 1. The molecule has 0 saturated heterocycles. The van der Waals surface area contributed by atoms with Crippen LogP contribution in [0.25, 0.3) is 0 Å². The Labute approximate surface area is 146 Å². The maximum Gasteiger partial charge on any atom is 0.253 e. The number of hydrogen-bond acceptors (Lipinski definition) is 4. The van der Waals surface area contributed by atoms with Crippen molar-refractivity contribution in [1.82, 2.24) is 4.90 Å². The maximum absolute atomic E-state index is 12.5. The molecule has 0 aliphatic rings. The van der Waals surface area contributed by atoms with Crippen molar-refractivity contribution >= 4 is 17.5 Å². The number of halogens is 1. The van der Waals surface area contributed by atoms with Crippen LogP contribution in [0.5, 0.6) is 17.2 Å². The summed E-state index contributed by atoms with van der Waals surface area (Å²) in [7, 11) is 4.82. The first-order valence-electron chi connectivity index (χ1n) is 7.40. The summed E-state index contributed by atoms with van der Waals surface area (Å²) in [6.07, 6.45) is 0. The van der Waals surface area contributed by atoms with Gasteiger partial charge < -0.3 is 19.1 Å². The summed E-state index contributed by atoms with van der Waals surface area (Å²) in [6.45, 7) is 0.825. The first-order valence-corrected chi connectivity index (χ1v) is 7.78. The third kappa shape index (κ3) is 4.80. The molecule has 1 amide bonds. The van der Waals surface area contributed by atoms with Gasteiger partial charge in [-0.25, -0.2) is 0 Å². The SMILES string of the molecule is COc1cc(OC)cc(C(=O)N(C)CCOc2ccc(Cl)cc2)c1. The summed E-state index contributed by atoms with van der Waals surface area (Å²) in [4.78, 5) is 14.1. The van der Waals surface area contributed by atoms with Crippen LogP contribution in [-0.2, 0) is 0 Å². The summed E-state index contributed by atoms with van der Waals surface area (Å²) in [5.41, 5.74) is 0.500. The van der Waals surface area contributed by atoms with E-state index < -0.39 is 0 Å². The lowest BCUT2D eigenvalue weighted by Gasteiger charge is -2.18. The molecular weight excluding hydrogens is 330 g/mol. The minimum atomic E-state index is -0.132. The van der Waals surface area contributed by atoms with E-state index in [1.807, 2.05) is 0 Å². The third-order valence-electron chi connectivity index (χ3n) is 3.45. The fraction of sp³-hybridized carbons (Fsp3) is 0.278. The molecule has 128 valence electrons. The topological polar surface area (TPSA) is 48.0 Å². The van der Waals surface area contributed by atoms with Crippen LogP contribution in [0, 0.1) is 0 Å². The van der Waals surface area contributed by atoms with Crippen LogP contribution in [0.15, 0.2) is 42.5 Å². The number of amides is 1. The van der Waals surface area contributed by atoms with E-state index in [0.29, 0.717) is 41.0 Å². The van der Waals surface area contributed by atoms with Crippen molar-refractivity contribution < 1.29 is 19.0 Å². The van der Waals surface area contributed by atoms with Gasteiger partial charge in [-0.15, -0.1) is 0 Å². The molecule has 0 radical (unpaired) electrons. The monoisotopic (exact) mass is 349 g/mol. The number of likely N-dealkylation sites (N-methyl/N-ethyl adjacent to an activating group) is 1. The first kappa shape index (κ1) is 17.9. The van der Waals surface area contributed by atoms with Gasteiger partial charge in [0.1, 0.15) is 23.9 Å². The van der Waals surface area contributed by atoms with Crippen molar-refractivity contribution in [3.05, 3.63) is 53.1 Å². The van der Waals surface area contributed by atoms with Crippen LogP contribution in [0.1, 0.15) is 10.4 Å².